The van der Waals surface area contributed by atoms with Crippen LogP contribution in [0.1, 0.15) is 29.4 Å². The summed E-state index contributed by atoms with van der Waals surface area (Å²) in [4.78, 5) is 13.6. The monoisotopic (exact) mass is 203 g/mol. The molecule has 0 bridgehead atoms. The highest BCUT2D eigenvalue weighted by Gasteiger charge is 2.07. The molecular weight excluding hydrogens is 190 g/mol. The van der Waals surface area contributed by atoms with Gasteiger partial charge in [-0.3, -0.25) is 0 Å². The summed E-state index contributed by atoms with van der Waals surface area (Å²) in [5, 5.41) is 9.80. The summed E-state index contributed by atoms with van der Waals surface area (Å²) in [7, 11) is 0. The molecule has 1 aromatic heterocycles. The van der Waals surface area contributed by atoms with Crippen LogP contribution in [0.2, 0.25) is 0 Å². The highest BCUT2D eigenvalue weighted by molar-refractivity contribution is 5.93. The molecule has 0 saturated heterocycles. The van der Waals surface area contributed by atoms with Gasteiger partial charge in [0.05, 0.1) is 0 Å². The molecule has 15 heavy (non-hydrogen) atoms. The van der Waals surface area contributed by atoms with Crippen molar-refractivity contribution in [1.82, 2.24) is 4.98 Å². The van der Waals surface area contributed by atoms with E-state index in [-0.39, 0.29) is 5.69 Å². The van der Waals surface area contributed by atoms with Gasteiger partial charge in [0.25, 0.3) is 0 Å². The SMILES string of the molecule is CCCc1ccc2[nH]c(C(=O)O)cc2c1. The highest BCUT2D eigenvalue weighted by atomic mass is 16.4. The van der Waals surface area contributed by atoms with E-state index in [0.717, 1.165) is 23.7 Å². The molecule has 2 N–H and O–H groups in total. The number of aromatic carboxylic acids is 1. The Morgan fingerprint density at radius 1 is 1.40 bits per heavy atom. The van der Waals surface area contributed by atoms with E-state index < -0.39 is 5.97 Å². The Morgan fingerprint density at radius 2 is 2.20 bits per heavy atom. The minimum absolute atomic E-state index is 0.249. The lowest BCUT2D eigenvalue weighted by molar-refractivity contribution is 0.0691. The lowest BCUT2D eigenvalue weighted by Gasteiger charge is -1.97. The molecule has 0 spiro atoms. The number of hydrogen-bond donors (Lipinski definition) is 2. The van der Waals surface area contributed by atoms with Gasteiger partial charge in [-0.2, -0.15) is 0 Å². The average molecular weight is 203 g/mol. The minimum Gasteiger partial charge on any atom is -0.477 e. The van der Waals surface area contributed by atoms with Crippen LogP contribution < -0.4 is 0 Å². The Balaban J connectivity index is 2.47. The molecule has 0 aliphatic heterocycles. The molecule has 78 valence electrons. The Kier molecular flexibility index (Phi) is 2.46. The maximum atomic E-state index is 10.7. The second-order valence-corrected chi connectivity index (χ2v) is 3.66. The lowest BCUT2D eigenvalue weighted by Crippen LogP contribution is -1.94. The number of aromatic amines is 1. The summed E-state index contributed by atoms with van der Waals surface area (Å²) < 4.78 is 0. The van der Waals surface area contributed by atoms with E-state index >= 15 is 0 Å². The number of rotatable bonds is 3. The number of aromatic nitrogens is 1. The fraction of sp³-hybridized carbons (Fsp3) is 0.250. The Bertz CT molecular complexity index is 499. The lowest BCUT2D eigenvalue weighted by atomic mass is 10.1. The van der Waals surface area contributed by atoms with Crippen LogP contribution in [-0.4, -0.2) is 16.1 Å². The number of benzene rings is 1. The number of aryl methyl sites for hydroxylation is 1. The van der Waals surface area contributed by atoms with E-state index in [4.69, 9.17) is 5.11 Å². The molecule has 0 aliphatic rings. The predicted octanol–water partition coefficient (Wildman–Crippen LogP) is 2.82. The molecule has 3 nitrogen and oxygen atoms in total. The number of H-pyrrole nitrogens is 1. The van der Waals surface area contributed by atoms with Crippen LogP contribution in [0.4, 0.5) is 0 Å². The van der Waals surface area contributed by atoms with Crippen molar-refractivity contribution < 1.29 is 9.90 Å². The molecule has 0 aliphatic carbocycles. The van der Waals surface area contributed by atoms with Crippen LogP contribution in [-0.2, 0) is 6.42 Å². The normalized spacial score (nSPS) is 10.7. The van der Waals surface area contributed by atoms with Gasteiger partial charge in [0.1, 0.15) is 5.69 Å². The van der Waals surface area contributed by atoms with E-state index in [1.54, 1.807) is 6.07 Å². The summed E-state index contributed by atoms with van der Waals surface area (Å²) in [6, 6.07) is 7.69. The van der Waals surface area contributed by atoms with Crippen molar-refractivity contribution in [3.05, 3.63) is 35.5 Å². The molecular formula is C12H13NO2. The van der Waals surface area contributed by atoms with Crippen LogP contribution in [0.25, 0.3) is 10.9 Å². The fourth-order valence-electron chi connectivity index (χ4n) is 1.74. The van der Waals surface area contributed by atoms with Crippen LogP contribution in [0.3, 0.4) is 0 Å². The van der Waals surface area contributed by atoms with Crippen molar-refractivity contribution in [2.75, 3.05) is 0 Å². The Labute approximate surface area is 87.7 Å². The number of nitrogens with one attached hydrogen (secondary N) is 1. The third kappa shape index (κ3) is 1.86. The molecule has 2 aromatic rings. The number of hydrogen-bond acceptors (Lipinski definition) is 1. The summed E-state index contributed by atoms with van der Waals surface area (Å²) in [6.07, 6.45) is 2.13. The van der Waals surface area contributed by atoms with Crippen molar-refractivity contribution in [3.63, 3.8) is 0 Å². The zero-order valence-electron chi connectivity index (χ0n) is 8.58. The molecule has 0 fully saturated rings. The van der Waals surface area contributed by atoms with E-state index in [2.05, 4.69) is 11.9 Å². The standard InChI is InChI=1S/C12H13NO2/c1-2-3-8-4-5-10-9(6-8)7-11(13-10)12(14)15/h4-7,13H,2-3H2,1H3,(H,14,15). The van der Waals surface area contributed by atoms with Gasteiger partial charge in [0.15, 0.2) is 0 Å². The summed E-state index contributed by atoms with van der Waals surface area (Å²) in [5.41, 5.74) is 2.38. The molecule has 0 unspecified atom stereocenters. The third-order valence-corrected chi connectivity index (χ3v) is 2.45. The first-order valence-electron chi connectivity index (χ1n) is 5.05. The first-order valence-corrected chi connectivity index (χ1v) is 5.05. The van der Waals surface area contributed by atoms with E-state index in [0.29, 0.717) is 0 Å². The van der Waals surface area contributed by atoms with Gasteiger partial charge in [-0.25, -0.2) is 4.79 Å². The molecule has 2 rings (SSSR count). The summed E-state index contributed by atoms with van der Waals surface area (Å²) in [5.74, 6) is -0.914. The maximum absolute atomic E-state index is 10.7. The molecule has 1 heterocycles. The van der Waals surface area contributed by atoms with Crippen LogP contribution in [0.15, 0.2) is 24.3 Å². The van der Waals surface area contributed by atoms with Crippen molar-refractivity contribution in [1.29, 1.82) is 0 Å². The molecule has 1 aromatic carbocycles. The third-order valence-electron chi connectivity index (χ3n) is 2.45. The van der Waals surface area contributed by atoms with Gasteiger partial charge in [-0.1, -0.05) is 19.4 Å². The molecule has 0 amide bonds. The van der Waals surface area contributed by atoms with Crippen LogP contribution in [0, 0.1) is 0 Å². The van der Waals surface area contributed by atoms with E-state index in [1.807, 2.05) is 18.2 Å². The zero-order valence-corrected chi connectivity index (χ0v) is 8.58. The molecule has 0 radical (unpaired) electrons. The smallest absolute Gasteiger partial charge is 0.352 e. The largest absolute Gasteiger partial charge is 0.477 e. The Morgan fingerprint density at radius 3 is 2.87 bits per heavy atom. The minimum atomic E-state index is -0.914. The second-order valence-electron chi connectivity index (χ2n) is 3.66. The maximum Gasteiger partial charge on any atom is 0.352 e. The van der Waals surface area contributed by atoms with Crippen molar-refractivity contribution in [2.24, 2.45) is 0 Å². The topological polar surface area (TPSA) is 53.1 Å². The van der Waals surface area contributed by atoms with E-state index in [9.17, 15) is 4.79 Å². The Hall–Kier alpha value is -1.77. The first-order chi connectivity index (χ1) is 7.20. The number of carboxylic acids is 1. The van der Waals surface area contributed by atoms with Gasteiger partial charge in [-0.15, -0.1) is 0 Å². The fourth-order valence-corrected chi connectivity index (χ4v) is 1.74. The van der Waals surface area contributed by atoms with Gasteiger partial charge in [0, 0.05) is 10.9 Å². The van der Waals surface area contributed by atoms with Gasteiger partial charge >= 0.3 is 5.97 Å². The van der Waals surface area contributed by atoms with Crippen LogP contribution in [0.5, 0.6) is 0 Å². The molecule has 0 atom stereocenters. The van der Waals surface area contributed by atoms with Crippen molar-refractivity contribution in [3.8, 4) is 0 Å². The number of carboxylic acid groups (broad SMARTS) is 1. The van der Waals surface area contributed by atoms with Crippen molar-refractivity contribution in [2.45, 2.75) is 19.8 Å². The zero-order chi connectivity index (χ0) is 10.8. The molecule has 0 saturated carbocycles. The summed E-state index contributed by atoms with van der Waals surface area (Å²) >= 11 is 0. The van der Waals surface area contributed by atoms with Crippen LogP contribution >= 0.6 is 0 Å². The first kappa shape index (κ1) is 9.77. The van der Waals surface area contributed by atoms with Gasteiger partial charge < -0.3 is 10.1 Å². The number of fused-ring (bicyclic) bond motifs is 1. The van der Waals surface area contributed by atoms with Gasteiger partial charge in [-0.05, 0) is 30.2 Å². The average Bonchev–Trinajstić information content (AvgIpc) is 2.61. The molecule has 3 heteroatoms. The predicted molar refractivity (Wildman–Crippen MR) is 59.3 cm³/mol. The van der Waals surface area contributed by atoms with E-state index in [1.165, 1.54) is 5.56 Å². The highest BCUT2D eigenvalue weighted by Crippen LogP contribution is 2.18. The van der Waals surface area contributed by atoms with Gasteiger partial charge in [0.2, 0.25) is 0 Å². The number of carbonyl (C=O) groups is 1. The quantitative estimate of drug-likeness (QED) is 0.805. The summed E-state index contributed by atoms with van der Waals surface area (Å²) in [6.45, 7) is 2.13. The second kappa shape index (κ2) is 3.77. The van der Waals surface area contributed by atoms with Crippen molar-refractivity contribution >= 4 is 16.9 Å².